The molecule has 2 N–H and O–H groups in total. The molecule has 0 amide bonds. The lowest BCUT2D eigenvalue weighted by molar-refractivity contribution is -1.22. The average molecular weight is 636 g/mol. The molecule has 3 nitrogen and oxygen atoms in total. The van der Waals surface area contributed by atoms with E-state index in [0.717, 1.165) is 0 Å². The molecule has 0 aliphatic carbocycles. The maximum absolute atomic E-state index is 14.1. The van der Waals surface area contributed by atoms with E-state index in [9.17, 15) is 105 Å². The van der Waals surface area contributed by atoms with Gasteiger partial charge in [0.2, 0.25) is 0 Å². The molecule has 0 fully saturated rings. The van der Waals surface area contributed by atoms with E-state index in [0.29, 0.717) is 0 Å². The Bertz CT molecular complexity index is 844. The Morgan fingerprint density at radius 3 is 0.816 bits per heavy atom. The fourth-order valence-corrected chi connectivity index (χ4v) is 2.38. The highest BCUT2D eigenvalue weighted by Gasteiger charge is 3.07. The third-order valence-corrected chi connectivity index (χ3v) is 4.28. The first-order valence-corrected chi connectivity index (χ1v) is 7.63. The minimum atomic E-state index is -10.3. The largest absolute Gasteiger partial charge is 0.576 e. The van der Waals surface area contributed by atoms with Crippen molar-refractivity contribution in [3.63, 3.8) is 0 Å². The topological polar surface area (TPSA) is 40.5 Å². The summed E-state index contributed by atoms with van der Waals surface area (Å²) in [6.45, 7) is 0. The summed E-state index contributed by atoms with van der Waals surface area (Å²) in [5.41, 5.74) is 0. The van der Waals surface area contributed by atoms with Crippen LogP contribution >= 0.6 is 0 Å². The summed E-state index contributed by atoms with van der Waals surface area (Å²) in [6, 6.07) is -37.4. The maximum atomic E-state index is 14.1. The zero-order valence-corrected chi connectivity index (χ0v) is 15.9. The Morgan fingerprint density at radius 2 is 0.605 bits per heavy atom. The van der Waals surface area contributed by atoms with Crippen molar-refractivity contribution in [2.45, 2.75) is 66.5 Å². The zero-order chi connectivity index (χ0) is 32.0. The van der Waals surface area contributed by atoms with Crippen LogP contribution in [0, 0.1) is 0 Å². The van der Waals surface area contributed by atoms with Gasteiger partial charge < -0.3 is 10.2 Å². The third kappa shape index (κ3) is 3.99. The van der Waals surface area contributed by atoms with E-state index >= 15 is 0 Å². The van der Waals surface area contributed by atoms with Crippen LogP contribution in [0.4, 0.5) is 105 Å². The number of alkyl halides is 24. The van der Waals surface area contributed by atoms with E-state index in [-0.39, 0.29) is 0 Å². The van der Waals surface area contributed by atoms with Gasteiger partial charge in [0.05, 0.1) is 0 Å². The van der Waals surface area contributed by atoms with Gasteiger partial charge >= 0.3 is 66.5 Å². The number of hydrogen-bond acceptors (Lipinski definition) is 2. The van der Waals surface area contributed by atoms with Crippen LogP contribution in [-0.2, 0) is 0 Å². The quantitative estimate of drug-likeness (QED) is 0.141. The second kappa shape index (κ2) is 8.35. The van der Waals surface area contributed by atoms with Crippen LogP contribution < -0.4 is 0 Å². The minimum Gasteiger partial charge on any atom is -0.330 e. The number of aliphatic hydroxyl groups is 2. The van der Waals surface area contributed by atoms with Gasteiger partial charge in [-0.3, -0.25) is 0 Å². The fourth-order valence-electron chi connectivity index (χ4n) is 2.38. The standard InChI is InChI=1S/C11H2F24NO2/c12-1(13,3(16,17)5(20,21)22)2(14,15)4(18,19)7(26,27)36(11(33,34)35,8(28,29)6(23,24)25)9(30,31)10(32,37)38/h37-38H/q+1. The molecule has 1 atom stereocenters. The second-order valence-electron chi connectivity index (χ2n) is 6.64. The second-order valence-corrected chi connectivity index (χ2v) is 6.64. The SMILES string of the molecule is OC(O)(F)C(F)(F)[N+](C(F)(F)F)(C(F)(F)C(F)(F)F)C(F)(F)C(F)(F)C(F)(F)C(F)(F)C(F)(F)C(F)(F)F. The molecule has 0 aromatic heterocycles. The Hall–Kier alpha value is -1.80. The lowest BCUT2D eigenvalue weighted by Gasteiger charge is -2.52. The van der Waals surface area contributed by atoms with Crippen molar-refractivity contribution in [2.75, 3.05) is 0 Å². The first kappa shape index (κ1) is 36.2. The van der Waals surface area contributed by atoms with Crippen molar-refractivity contribution < 1.29 is 120 Å². The highest BCUT2D eigenvalue weighted by Crippen LogP contribution is 2.69. The summed E-state index contributed by atoms with van der Waals surface area (Å²) in [5.74, 6) is -37.8. The van der Waals surface area contributed by atoms with Gasteiger partial charge in [-0.05, 0) is 4.48 Å². The van der Waals surface area contributed by atoms with Crippen LogP contribution in [-0.4, -0.2) is 81.2 Å². The number of nitrogens with zero attached hydrogens (tertiary/aromatic N) is 1. The fraction of sp³-hybridized carbons (Fsp3) is 1.00. The molecule has 0 aromatic rings. The molecule has 0 aromatic carbocycles. The van der Waals surface area contributed by atoms with Crippen LogP contribution in [0.15, 0.2) is 0 Å². The van der Waals surface area contributed by atoms with Gasteiger partial charge in [0.15, 0.2) is 0 Å². The number of quaternary nitrogens is 1. The molecule has 0 saturated carbocycles. The van der Waals surface area contributed by atoms with Crippen molar-refractivity contribution in [1.29, 1.82) is 0 Å². The first-order valence-electron chi connectivity index (χ1n) is 7.63. The lowest BCUT2D eigenvalue weighted by Crippen LogP contribution is -2.91. The molecule has 1 unspecified atom stereocenters. The van der Waals surface area contributed by atoms with Crippen molar-refractivity contribution in [3.05, 3.63) is 0 Å². The molecule has 230 valence electrons. The summed E-state index contributed by atoms with van der Waals surface area (Å²) in [4.78, 5) is 0. The molecule has 0 bridgehead atoms. The predicted octanol–water partition coefficient (Wildman–Crippen LogP) is 6.38. The van der Waals surface area contributed by atoms with E-state index in [1.54, 1.807) is 0 Å². The van der Waals surface area contributed by atoms with Crippen LogP contribution in [0.2, 0.25) is 0 Å². The molecule has 27 heteroatoms. The van der Waals surface area contributed by atoms with E-state index < -0.39 is 71.0 Å². The summed E-state index contributed by atoms with van der Waals surface area (Å²) < 4.78 is 306. The molecule has 0 heterocycles. The van der Waals surface area contributed by atoms with Gasteiger partial charge in [-0.25, -0.2) is 0 Å². The van der Waals surface area contributed by atoms with Crippen molar-refractivity contribution in [2.24, 2.45) is 0 Å². The van der Waals surface area contributed by atoms with Crippen LogP contribution in [0.1, 0.15) is 0 Å². The minimum absolute atomic E-state index is 7.84. The predicted molar refractivity (Wildman–Crippen MR) is 61.3 cm³/mol. The van der Waals surface area contributed by atoms with Crippen molar-refractivity contribution in [3.8, 4) is 0 Å². The van der Waals surface area contributed by atoms with Gasteiger partial charge in [-0.1, -0.05) is 0 Å². The van der Waals surface area contributed by atoms with Gasteiger partial charge in [-0.15, -0.1) is 39.5 Å². The van der Waals surface area contributed by atoms with Crippen LogP contribution in [0.3, 0.4) is 0 Å². The van der Waals surface area contributed by atoms with Crippen molar-refractivity contribution >= 4 is 0 Å². The molecule has 0 aliphatic heterocycles. The van der Waals surface area contributed by atoms with Gasteiger partial charge in [0, 0.05) is 0 Å². The van der Waals surface area contributed by atoms with E-state index in [2.05, 4.69) is 0 Å². The Balaban J connectivity index is 8.38. The monoisotopic (exact) mass is 636 g/mol. The molecular formula is C11H2F24NO2+. The van der Waals surface area contributed by atoms with Crippen molar-refractivity contribution in [1.82, 2.24) is 0 Å². The molecule has 0 spiro atoms. The Kier molecular flexibility index (Phi) is 7.96. The van der Waals surface area contributed by atoms with E-state index in [1.807, 2.05) is 0 Å². The van der Waals surface area contributed by atoms with Crippen LogP contribution in [0.25, 0.3) is 0 Å². The Morgan fingerprint density at radius 1 is 0.316 bits per heavy atom. The van der Waals surface area contributed by atoms with Crippen LogP contribution in [0.5, 0.6) is 0 Å². The Labute approximate surface area is 188 Å². The summed E-state index contributed by atoms with van der Waals surface area (Å²) in [5, 5.41) is 15.7. The number of halogens is 24. The first-order chi connectivity index (χ1) is 15.8. The number of rotatable bonds is 8. The molecule has 38 heavy (non-hydrogen) atoms. The average Bonchev–Trinajstić information content (AvgIpc) is 2.56. The molecule has 0 radical (unpaired) electrons. The smallest absolute Gasteiger partial charge is 0.330 e. The number of hydrogen-bond donors (Lipinski definition) is 2. The molecule has 0 aliphatic rings. The maximum Gasteiger partial charge on any atom is 0.576 e. The lowest BCUT2D eigenvalue weighted by atomic mass is 9.94. The third-order valence-electron chi connectivity index (χ3n) is 4.28. The summed E-state index contributed by atoms with van der Waals surface area (Å²) in [6.07, 6.45) is -26.7. The highest BCUT2D eigenvalue weighted by molar-refractivity contribution is 5.09. The summed E-state index contributed by atoms with van der Waals surface area (Å²) >= 11 is 0. The molecule has 0 rings (SSSR count). The zero-order valence-electron chi connectivity index (χ0n) is 15.9. The summed E-state index contributed by atoms with van der Waals surface area (Å²) in [7, 11) is 0. The van der Waals surface area contributed by atoms with Gasteiger partial charge in [0.25, 0.3) is 0 Å². The van der Waals surface area contributed by atoms with E-state index in [4.69, 9.17) is 10.2 Å². The van der Waals surface area contributed by atoms with E-state index in [1.165, 1.54) is 0 Å². The highest BCUT2D eigenvalue weighted by atomic mass is 19.4. The van der Waals surface area contributed by atoms with Gasteiger partial charge in [0.1, 0.15) is 0 Å². The van der Waals surface area contributed by atoms with Gasteiger partial charge in [-0.2, -0.15) is 65.9 Å². The molecular weight excluding hydrogens is 634 g/mol. The molecule has 0 saturated heterocycles. The normalized spacial score (nSPS) is 18.5.